The Bertz CT molecular complexity index is 1320. The first kappa shape index (κ1) is 32.1. The largest absolute Gasteiger partial charge is 0.466 e. The number of hydrogen-bond donors (Lipinski definition) is 1. The van der Waals surface area contributed by atoms with Crippen LogP contribution >= 0.6 is 0 Å². The molecule has 0 amide bonds. The fourth-order valence-corrected chi connectivity index (χ4v) is 5.76. The summed E-state index contributed by atoms with van der Waals surface area (Å²) in [7, 11) is 0. The van der Waals surface area contributed by atoms with E-state index in [1.807, 2.05) is 55.5 Å². The normalized spacial score (nSPS) is 14.7. The molecule has 7 nitrogen and oxygen atoms in total. The van der Waals surface area contributed by atoms with Gasteiger partial charge >= 0.3 is 17.9 Å². The average molecular weight is 565 g/mol. The van der Waals surface area contributed by atoms with Gasteiger partial charge < -0.3 is 19.3 Å². The molecule has 0 aliphatic carbocycles. The van der Waals surface area contributed by atoms with E-state index < -0.39 is 34.2 Å². The topological polar surface area (TPSA) is 99.1 Å². The van der Waals surface area contributed by atoms with Crippen molar-refractivity contribution in [2.75, 3.05) is 19.8 Å². The van der Waals surface area contributed by atoms with Gasteiger partial charge in [0.05, 0.1) is 29.5 Å². The Labute approximate surface area is 243 Å². The highest BCUT2D eigenvalue weighted by molar-refractivity contribution is 6.02. The lowest BCUT2D eigenvalue weighted by atomic mass is 9.65. The number of ether oxygens (including phenoxy) is 3. The molecule has 0 fully saturated rings. The minimum absolute atomic E-state index is 0.0478. The lowest BCUT2D eigenvalue weighted by molar-refractivity contribution is -0.169. The van der Waals surface area contributed by atoms with Crippen LogP contribution in [0, 0.1) is 16.2 Å². The molecule has 0 saturated carbocycles. The molecule has 3 aromatic carbocycles. The molecular weight excluding hydrogens is 520 g/mol. The second-order valence-electron chi connectivity index (χ2n) is 12.0. The SMILES string of the molecule is CCOC(=O)C(C)(C)CC(C)(CC(C)(CC)C(=O)OCc1c2ccccc2cc2ccccc12)C(=O)OCCCO. The van der Waals surface area contributed by atoms with Crippen LogP contribution in [0.25, 0.3) is 21.5 Å². The van der Waals surface area contributed by atoms with E-state index in [-0.39, 0.29) is 39.3 Å². The van der Waals surface area contributed by atoms with Gasteiger partial charge in [-0.25, -0.2) is 0 Å². The van der Waals surface area contributed by atoms with Crippen LogP contribution in [0.4, 0.5) is 0 Å². The first-order chi connectivity index (χ1) is 19.4. The molecule has 0 spiro atoms. The average Bonchev–Trinajstić information content (AvgIpc) is 2.94. The van der Waals surface area contributed by atoms with Gasteiger partial charge in [-0.2, -0.15) is 0 Å². The zero-order valence-electron chi connectivity index (χ0n) is 25.2. The number of carbonyl (C=O) groups is 3. The van der Waals surface area contributed by atoms with Crippen LogP contribution in [0.15, 0.2) is 54.6 Å². The van der Waals surface area contributed by atoms with Crippen molar-refractivity contribution < 1.29 is 33.7 Å². The van der Waals surface area contributed by atoms with Gasteiger partial charge in [0.15, 0.2) is 0 Å². The molecule has 0 aliphatic rings. The molecule has 0 aliphatic heterocycles. The third-order valence-corrected chi connectivity index (χ3v) is 7.97. The molecule has 0 aromatic heterocycles. The molecule has 3 aromatic rings. The van der Waals surface area contributed by atoms with E-state index in [1.54, 1.807) is 34.6 Å². The van der Waals surface area contributed by atoms with Crippen LogP contribution in [0.2, 0.25) is 0 Å². The molecule has 0 bridgehead atoms. The summed E-state index contributed by atoms with van der Waals surface area (Å²) in [5.41, 5.74) is -2.29. The lowest BCUT2D eigenvalue weighted by Gasteiger charge is -2.39. The third-order valence-electron chi connectivity index (χ3n) is 7.97. The summed E-state index contributed by atoms with van der Waals surface area (Å²) in [6.07, 6.45) is 0.955. The summed E-state index contributed by atoms with van der Waals surface area (Å²) >= 11 is 0. The second kappa shape index (κ2) is 13.5. The number of hydrogen-bond acceptors (Lipinski definition) is 7. The number of benzene rings is 3. The zero-order chi connectivity index (χ0) is 30.3. The molecule has 3 rings (SSSR count). The quantitative estimate of drug-likeness (QED) is 0.100. The maximum atomic E-state index is 13.8. The van der Waals surface area contributed by atoms with Gasteiger partial charge in [-0.1, -0.05) is 55.5 Å². The summed E-state index contributed by atoms with van der Waals surface area (Å²) in [6.45, 7) is 10.9. The van der Waals surface area contributed by atoms with E-state index in [9.17, 15) is 14.4 Å². The van der Waals surface area contributed by atoms with Crippen molar-refractivity contribution in [2.24, 2.45) is 16.2 Å². The van der Waals surface area contributed by atoms with Crippen molar-refractivity contribution in [2.45, 2.75) is 73.8 Å². The predicted molar refractivity (Wildman–Crippen MR) is 160 cm³/mol. The van der Waals surface area contributed by atoms with Crippen LogP contribution in [-0.4, -0.2) is 42.8 Å². The van der Waals surface area contributed by atoms with Crippen LogP contribution in [0.3, 0.4) is 0 Å². The molecule has 222 valence electrons. The Morgan fingerprint density at radius 1 is 0.732 bits per heavy atom. The van der Waals surface area contributed by atoms with Gasteiger partial charge in [-0.05, 0) is 81.5 Å². The minimum Gasteiger partial charge on any atom is -0.466 e. The summed E-state index contributed by atoms with van der Waals surface area (Å²) < 4.78 is 16.8. The zero-order valence-corrected chi connectivity index (χ0v) is 25.2. The molecule has 0 heterocycles. The number of aliphatic hydroxyl groups is 1. The van der Waals surface area contributed by atoms with E-state index in [0.29, 0.717) is 12.8 Å². The van der Waals surface area contributed by atoms with E-state index in [1.165, 1.54) is 0 Å². The van der Waals surface area contributed by atoms with Gasteiger partial charge in [0.2, 0.25) is 0 Å². The Kier molecular flexibility index (Phi) is 10.5. The number of rotatable bonds is 14. The summed E-state index contributed by atoms with van der Waals surface area (Å²) in [4.78, 5) is 40.1. The molecule has 1 N–H and O–H groups in total. The summed E-state index contributed by atoms with van der Waals surface area (Å²) in [5.74, 6) is -1.35. The smallest absolute Gasteiger partial charge is 0.312 e. The summed E-state index contributed by atoms with van der Waals surface area (Å²) in [5, 5.41) is 13.3. The van der Waals surface area contributed by atoms with Gasteiger partial charge in [0, 0.05) is 18.6 Å². The third kappa shape index (κ3) is 7.45. The van der Waals surface area contributed by atoms with Gasteiger partial charge in [0.25, 0.3) is 0 Å². The van der Waals surface area contributed by atoms with Crippen LogP contribution in [0.5, 0.6) is 0 Å². The van der Waals surface area contributed by atoms with Crippen molar-refractivity contribution in [3.05, 3.63) is 60.2 Å². The number of fused-ring (bicyclic) bond motifs is 2. The minimum atomic E-state index is -1.19. The highest BCUT2D eigenvalue weighted by atomic mass is 16.5. The molecule has 7 heteroatoms. The van der Waals surface area contributed by atoms with Gasteiger partial charge in [-0.15, -0.1) is 0 Å². The highest BCUT2D eigenvalue weighted by Gasteiger charge is 2.49. The van der Waals surface area contributed by atoms with Gasteiger partial charge in [0.1, 0.15) is 6.61 Å². The Morgan fingerprint density at radius 2 is 1.29 bits per heavy atom. The van der Waals surface area contributed by atoms with Crippen molar-refractivity contribution in [3.63, 3.8) is 0 Å². The Balaban J connectivity index is 1.91. The standard InChI is InChI=1S/C34H44O7/c1-7-33(5,23-34(6,31(38)40-19-13-18-35)22-32(3,4)29(36)39-8-2)30(37)41-21-28-26-16-11-9-14-24(26)20-25-15-10-12-17-27(25)28/h9-12,14-17,20,35H,7-8,13,18-19,21-23H2,1-6H3. The van der Waals surface area contributed by atoms with Crippen molar-refractivity contribution in [1.29, 1.82) is 0 Å². The molecular formula is C34H44O7. The summed E-state index contributed by atoms with van der Waals surface area (Å²) in [6, 6.07) is 18.2. The molecule has 2 atom stereocenters. The number of esters is 3. The maximum Gasteiger partial charge on any atom is 0.312 e. The Morgan fingerprint density at radius 3 is 1.83 bits per heavy atom. The van der Waals surface area contributed by atoms with E-state index in [2.05, 4.69) is 6.07 Å². The molecule has 0 radical (unpaired) electrons. The fourth-order valence-electron chi connectivity index (χ4n) is 5.76. The monoisotopic (exact) mass is 564 g/mol. The van der Waals surface area contributed by atoms with E-state index in [4.69, 9.17) is 19.3 Å². The number of aliphatic hydroxyl groups excluding tert-OH is 1. The highest BCUT2D eigenvalue weighted by Crippen LogP contribution is 2.46. The van der Waals surface area contributed by atoms with Crippen LogP contribution < -0.4 is 0 Å². The van der Waals surface area contributed by atoms with E-state index >= 15 is 0 Å². The van der Waals surface area contributed by atoms with Crippen molar-refractivity contribution in [1.82, 2.24) is 0 Å². The van der Waals surface area contributed by atoms with E-state index in [0.717, 1.165) is 27.1 Å². The van der Waals surface area contributed by atoms with Gasteiger partial charge in [-0.3, -0.25) is 14.4 Å². The second-order valence-corrected chi connectivity index (χ2v) is 12.0. The Hall–Kier alpha value is -3.45. The first-order valence-electron chi connectivity index (χ1n) is 14.4. The predicted octanol–water partition coefficient (Wildman–Crippen LogP) is 6.75. The van der Waals surface area contributed by atoms with Crippen LogP contribution in [0.1, 0.15) is 72.8 Å². The first-order valence-corrected chi connectivity index (χ1v) is 14.4. The molecule has 0 saturated heterocycles. The lowest BCUT2D eigenvalue weighted by Crippen LogP contribution is -2.44. The van der Waals surface area contributed by atoms with Crippen molar-refractivity contribution >= 4 is 39.5 Å². The number of carbonyl (C=O) groups excluding carboxylic acids is 3. The fraction of sp³-hybridized carbons (Fsp3) is 0.500. The van der Waals surface area contributed by atoms with Crippen LogP contribution in [-0.2, 0) is 35.2 Å². The maximum absolute atomic E-state index is 13.8. The molecule has 41 heavy (non-hydrogen) atoms. The molecule has 2 unspecified atom stereocenters. The van der Waals surface area contributed by atoms with Crippen molar-refractivity contribution in [3.8, 4) is 0 Å².